The molecule has 3 aromatic rings. The number of anilines is 1. The molecule has 0 aliphatic carbocycles. The number of hydrogen-bond acceptors (Lipinski definition) is 7. The van der Waals surface area contributed by atoms with Crippen LogP contribution in [0.15, 0.2) is 47.4 Å². The number of fused-ring (bicyclic) bond motifs is 1. The van der Waals surface area contributed by atoms with E-state index in [-0.39, 0.29) is 21.8 Å². The summed E-state index contributed by atoms with van der Waals surface area (Å²) in [5.74, 6) is 0. The number of rotatable bonds is 4. The highest BCUT2D eigenvalue weighted by atomic mass is 32.2. The van der Waals surface area contributed by atoms with Crippen molar-refractivity contribution in [3.8, 4) is 0 Å². The molecule has 0 unspecified atom stereocenters. The molecule has 0 saturated carbocycles. The van der Waals surface area contributed by atoms with Gasteiger partial charge in [-0.25, -0.2) is 8.42 Å². The largest absolute Gasteiger partial charge is 0.279 e. The Labute approximate surface area is 128 Å². The summed E-state index contributed by atoms with van der Waals surface area (Å²) in [7, 11) is -3.92. The molecule has 0 fully saturated rings. The molecule has 22 heavy (non-hydrogen) atoms. The van der Waals surface area contributed by atoms with Crippen LogP contribution in [0.5, 0.6) is 0 Å². The molecule has 0 atom stereocenters. The zero-order valence-corrected chi connectivity index (χ0v) is 12.5. The van der Waals surface area contributed by atoms with E-state index in [1.807, 2.05) is 0 Å². The molecule has 0 aliphatic heterocycles. The van der Waals surface area contributed by atoms with Crippen molar-refractivity contribution in [2.45, 2.75) is 4.90 Å². The van der Waals surface area contributed by atoms with Gasteiger partial charge >= 0.3 is 0 Å². The first-order valence-corrected chi connectivity index (χ1v) is 8.17. The van der Waals surface area contributed by atoms with Crippen LogP contribution in [0.2, 0.25) is 0 Å². The molecule has 3 rings (SSSR count). The normalized spacial score (nSPS) is 11.5. The minimum Gasteiger partial charge on any atom is -0.279 e. The summed E-state index contributed by atoms with van der Waals surface area (Å²) < 4.78 is 35.2. The van der Waals surface area contributed by atoms with Crippen molar-refractivity contribution in [3.05, 3.63) is 52.6 Å². The zero-order chi connectivity index (χ0) is 15.7. The summed E-state index contributed by atoms with van der Waals surface area (Å²) in [4.78, 5) is 10.1. The van der Waals surface area contributed by atoms with Crippen LogP contribution in [-0.2, 0) is 10.0 Å². The van der Waals surface area contributed by atoms with E-state index in [1.54, 1.807) is 12.1 Å². The third-order valence-corrected chi connectivity index (χ3v) is 4.80. The van der Waals surface area contributed by atoms with E-state index in [9.17, 15) is 18.5 Å². The molecule has 0 spiro atoms. The van der Waals surface area contributed by atoms with Crippen LogP contribution in [0.4, 0.5) is 11.4 Å². The molecule has 0 aliphatic rings. The Morgan fingerprint density at radius 2 is 1.91 bits per heavy atom. The van der Waals surface area contributed by atoms with Gasteiger partial charge < -0.3 is 0 Å². The van der Waals surface area contributed by atoms with Crippen LogP contribution in [-0.4, -0.2) is 22.1 Å². The van der Waals surface area contributed by atoms with E-state index in [0.717, 1.165) is 17.8 Å². The lowest BCUT2D eigenvalue weighted by atomic mass is 10.3. The van der Waals surface area contributed by atoms with Crippen LogP contribution in [0, 0.1) is 10.1 Å². The first-order chi connectivity index (χ1) is 10.5. The maximum absolute atomic E-state index is 12.5. The Kier molecular flexibility index (Phi) is 3.47. The Balaban J connectivity index is 2.02. The SMILES string of the molecule is O=[N+]([O-])c1cccc(NS(=O)(=O)c2cccc3nsnc23)c1. The first-order valence-electron chi connectivity index (χ1n) is 5.96. The van der Waals surface area contributed by atoms with Crippen molar-refractivity contribution < 1.29 is 13.3 Å². The molecule has 0 radical (unpaired) electrons. The fourth-order valence-corrected chi connectivity index (χ4v) is 3.71. The molecule has 0 amide bonds. The van der Waals surface area contributed by atoms with Crippen molar-refractivity contribution in [3.63, 3.8) is 0 Å². The fraction of sp³-hybridized carbons (Fsp3) is 0. The number of nitro groups is 1. The standard InChI is InChI=1S/C12H8N4O4S2/c17-16(18)9-4-1-3-8(7-9)15-22(19,20)11-6-2-5-10-12(11)14-21-13-10/h1-7,15H. The smallest absolute Gasteiger partial charge is 0.271 e. The summed E-state index contributed by atoms with van der Waals surface area (Å²) in [6, 6.07) is 9.89. The molecule has 0 bridgehead atoms. The van der Waals surface area contributed by atoms with Crippen molar-refractivity contribution in [1.82, 2.24) is 8.75 Å². The van der Waals surface area contributed by atoms with Crippen LogP contribution < -0.4 is 4.72 Å². The number of nitrogens with zero attached hydrogens (tertiary/aromatic N) is 3. The maximum atomic E-state index is 12.5. The van der Waals surface area contributed by atoms with E-state index >= 15 is 0 Å². The lowest BCUT2D eigenvalue weighted by Crippen LogP contribution is -2.13. The van der Waals surface area contributed by atoms with Crippen LogP contribution in [0.1, 0.15) is 0 Å². The number of hydrogen-bond donors (Lipinski definition) is 1. The van der Waals surface area contributed by atoms with Gasteiger partial charge in [-0.15, -0.1) is 0 Å². The van der Waals surface area contributed by atoms with Gasteiger partial charge in [-0.2, -0.15) is 8.75 Å². The van der Waals surface area contributed by atoms with E-state index in [4.69, 9.17) is 0 Å². The Bertz CT molecular complexity index is 968. The maximum Gasteiger partial charge on any atom is 0.271 e. The first kappa shape index (κ1) is 14.4. The number of aromatic nitrogens is 2. The molecule has 10 heteroatoms. The van der Waals surface area contributed by atoms with Gasteiger partial charge in [0.2, 0.25) is 0 Å². The number of nitro benzene ring substituents is 1. The monoisotopic (exact) mass is 336 g/mol. The number of nitrogens with one attached hydrogen (secondary N) is 1. The highest BCUT2D eigenvalue weighted by molar-refractivity contribution is 7.93. The van der Waals surface area contributed by atoms with Crippen molar-refractivity contribution >= 4 is 44.2 Å². The molecule has 8 nitrogen and oxygen atoms in total. The summed E-state index contributed by atoms with van der Waals surface area (Å²) in [5.41, 5.74) is 0.653. The Morgan fingerprint density at radius 3 is 2.68 bits per heavy atom. The molecule has 2 aromatic carbocycles. The second-order valence-corrected chi connectivity index (χ2v) is 6.48. The third-order valence-electron chi connectivity index (χ3n) is 2.85. The Morgan fingerprint density at radius 1 is 1.14 bits per heavy atom. The quantitative estimate of drug-likeness (QED) is 0.578. The molecular formula is C12H8N4O4S2. The molecule has 112 valence electrons. The highest BCUT2D eigenvalue weighted by Crippen LogP contribution is 2.25. The Hall–Kier alpha value is -2.59. The molecular weight excluding hydrogens is 328 g/mol. The topological polar surface area (TPSA) is 115 Å². The summed E-state index contributed by atoms with van der Waals surface area (Å²) in [6.45, 7) is 0. The van der Waals surface area contributed by atoms with Gasteiger partial charge in [-0.3, -0.25) is 14.8 Å². The van der Waals surface area contributed by atoms with Crippen molar-refractivity contribution in [2.24, 2.45) is 0 Å². The minimum atomic E-state index is -3.92. The predicted octanol–water partition coefficient (Wildman–Crippen LogP) is 2.40. The van der Waals surface area contributed by atoms with E-state index in [2.05, 4.69) is 13.5 Å². The van der Waals surface area contributed by atoms with E-state index < -0.39 is 14.9 Å². The van der Waals surface area contributed by atoms with Gasteiger partial charge in [-0.1, -0.05) is 12.1 Å². The summed E-state index contributed by atoms with van der Waals surface area (Å²) >= 11 is 0.914. The third kappa shape index (κ3) is 2.61. The second-order valence-electron chi connectivity index (χ2n) is 4.30. The average molecular weight is 336 g/mol. The predicted molar refractivity (Wildman–Crippen MR) is 81.3 cm³/mol. The highest BCUT2D eigenvalue weighted by Gasteiger charge is 2.20. The van der Waals surface area contributed by atoms with Crippen LogP contribution >= 0.6 is 11.7 Å². The fourth-order valence-electron chi connectivity index (χ4n) is 1.89. The van der Waals surface area contributed by atoms with E-state index in [1.165, 1.54) is 24.3 Å². The van der Waals surface area contributed by atoms with E-state index in [0.29, 0.717) is 5.52 Å². The van der Waals surface area contributed by atoms with Gasteiger partial charge in [-0.05, 0) is 18.2 Å². The summed E-state index contributed by atoms with van der Waals surface area (Å²) in [5, 5.41) is 10.7. The van der Waals surface area contributed by atoms with Gasteiger partial charge in [0.05, 0.1) is 22.3 Å². The van der Waals surface area contributed by atoms with Gasteiger partial charge in [0.15, 0.2) is 0 Å². The van der Waals surface area contributed by atoms with Crippen molar-refractivity contribution in [1.29, 1.82) is 0 Å². The molecule has 1 N–H and O–H groups in total. The van der Waals surface area contributed by atoms with Gasteiger partial charge in [0.1, 0.15) is 15.9 Å². The van der Waals surface area contributed by atoms with Crippen LogP contribution in [0.3, 0.4) is 0 Å². The van der Waals surface area contributed by atoms with Crippen molar-refractivity contribution in [2.75, 3.05) is 4.72 Å². The average Bonchev–Trinajstić information content (AvgIpc) is 2.95. The molecule has 1 aromatic heterocycles. The number of benzene rings is 2. The zero-order valence-electron chi connectivity index (χ0n) is 10.8. The van der Waals surface area contributed by atoms with Crippen LogP contribution in [0.25, 0.3) is 11.0 Å². The van der Waals surface area contributed by atoms with Gasteiger partial charge in [0.25, 0.3) is 15.7 Å². The molecule has 1 heterocycles. The second kappa shape index (κ2) is 5.31. The summed E-state index contributed by atoms with van der Waals surface area (Å²) in [6.07, 6.45) is 0. The lowest BCUT2D eigenvalue weighted by Gasteiger charge is -2.08. The minimum absolute atomic E-state index is 0.0229. The number of sulfonamides is 1. The van der Waals surface area contributed by atoms with Gasteiger partial charge in [0, 0.05) is 12.1 Å². The lowest BCUT2D eigenvalue weighted by molar-refractivity contribution is -0.384. The number of non-ortho nitro benzene ring substituents is 1. The molecule has 0 saturated heterocycles.